The van der Waals surface area contributed by atoms with E-state index < -0.39 is 0 Å². The predicted molar refractivity (Wildman–Crippen MR) is 46.9 cm³/mol. The Morgan fingerprint density at radius 3 is 2.08 bits per heavy atom. The zero-order valence-electron chi connectivity index (χ0n) is 7.42. The molecule has 0 radical (unpaired) electrons. The van der Waals surface area contributed by atoms with E-state index in [1.54, 1.807) is 0 Å². The predicted octanol–water partition coefficient (Wildman–Crippen LogP) is 1.04. The summed E-state index contributed by atoms with van der Waals surface area (Å²) in [6.45, 7) is 0. The van der Waals surface area contributed by atoms with Gasteiger partial charge in [0.1, 0.15) is 0 Å². The van der Waals surface area contributed by atoms with Crippen LogP contribution >= 0.6 is 0 Å². The largest absolute Gasteiger partial charge is 0.389 e. The smallest absolute Gasteiger partial charge is 0.0705 e. The van der Waals surface area contributed by atoms with Crippen LogP contribution < -0.4 is 5.32 Å². The van der Waals surface area contributed by atoms with E-state index in [4.69, 9.17) is 0 Å². The summed E-state index contributed by atoms with van der Waals surface area (Å²) >= 11 is 0. The summed E-state index contributed by atoms with van der Waals surface area (Å²) in [6, 6.07) is 1.27. The van der Waals surface area contributed by atoms with Crippen LogP contribution in [-0.2, 0) is 0 Å². The van der Waals surface area contributed by atoms with E-state index in [9.17, 15) is 5.11 Å². The lowest BCUT2D eigenvalue weighted by atomic mass is 9.83. The summed E-state index contributed by atoms with van der Waals surface area (Å²) in [7, 11) is 0. The van der Waals surface area contributed by atoms with Crippen molar-refractivity contribution in [3.8, 4) is 0 Å². The van der Waals surface area contributed by atoms with E-state index in [-0.39, 0.29) is 5.60 Å². The fourth-order valence-electron chi connectivity index (χ4n) is 3.12. The van der Waals surface area contributed by atoms with Crippen molar-refractivity contribution in [1.82, 2.24) is 5.32 Å². The molecule has 0 spiro atoms. The molecule has 2 aliphatic heterocycles. The first-order chi connectivity index (χ1) is 5.76. The highest BCUT2D eigenvalue weighted by Crippen LogP contribution is 2.48. The van der Waals surface area contributed by atoms with Crippen LogP contribution in [0.3, 0.4) is 0 Å². The van der Waals surface area contributed by atoms with Gasteiger partial charge in [0.2, 0.25) is 0 Å². The second kappa shape index (κ2) is 2.24. The number of piperidine rings is 1. The number of nitrogens with one attached hydrogen (secondary N) is 1. The van der Waals surface area contributed by atoms with Gasteiger partial charge in [-0.1, -0.05) is 0 Å². The maximum Gasteiger partial charge on any atom is 0.0705 e. The molecule has 0 aromatic rings. The Morgan fingerprint density at radius 2 is 1.58 bits per heavy atom. The van der Waals surface area contributed by atoms with Crippen LogP contribution in [-0.4, -0.2) is 22.8 Å². The van der Waals surface area contributed by atoms with Gasteiger partial charge in [0, 0.05) is 12.1 Å². The van der Waals surface area contributed by atoms with Gasteiger partial charge in [-0.05, 0) is 44.4 Å². The summed E-state index contributed by atoms with van der Waals surface area (Å²) in [5.41, 5.74) is -0.267. The second-order valence-corrected chi connectivity index (χ2v) is 4.92. The van der Waals surface area contributed by atoms with Gasteiger partial charge in [0.25, 0.3) is 0 Å². The minimum absolute atomic E-state index is 0.267. The summed E-state index contributed by atoms with van der Waals surface area (Å²) in [5.74, 6) is 0.655. The Morgan fingerprint density at radius 1 is 1.00 bits per heavy atom. The maximum atomic E-state index is 10.4. The molecule has 2 bridgehead atoms. The zero-order valence-corrected chi connectivity index (χ0v) is 7.42. The number of fused-ring (bicyclic) bond motifs is 2. The van der Waals surface area contributed by atoms with Crippen LogP contribution in [0, 0.1) is 5.92 Å². The van der Waals surface area contributed by atoms with Gasteiger partial charge in [0.15, 0.2) is 0 Å². The van der Waals surface area contributed by atoms with E-state index in [1.165, 1.54) is 25.7 Å². The summed E-state index contributed by atoms with van der Waals surface area (Å²) < 4.78 is 0. The highest BCUT2D eigenvalue weighted by atomic mass is 16.3. The van der Waals surface area contributed by atoms with Gasteiger partial charge in [0.05, 0.1) is 5.60 Å². The van der Waals surface area contributed by atoms with Crippen molar-refractivity contribution in [3.63, 3.8) is 0 Å². The van der Waals surface area contributed by atoms with Gasteiger partial charge in [-0.3, -0.25) is 0 Å². The fourth-order valence-corrected chi connectivity index (χ4v) is 3.12. The van der Waals surface area contributed by atoms with Gasteiger partial charge >= 0.3 is 0 Å². The van der Waals surface area contributed by atoms with Gasteiger partial charge in [-0.15, -0.1) is 0 Å². The third kappa shape index (κ3) is 1.01. The van der Waals surface area contributed by atoms with Crippen LogP contribution in [0.4, 0.5) is 0 Å². The molecule has 2 N–H and O–H groups in total. The summed E-state index contributed by atoms with van der Waals surface area (Å²) in [4.78, 5) is 0. The molecule has 12 heavy (non-hydrogen) atoms. The number of aliphatic hydroxyl groups is 1. The Hall–Kier alpha value is -0.0800. The Bertz CT molecular complexity index is 188. The molecule has 2 nitrogen and oxygen atoms in total. The minimum atomic E-state index is -0.267. The molecule has 1 aliphatic carbocycles. The normalized spacial score (nSPS) is 52.8. The number of rotatable bonds is 1. The first-order valence-electron chi connectivity index (χ1n) is 5.25. The summed E-state index contributed by atoms with van der Waals surface area (Å²) in [5, 5.41) is 13.9. The van der Waals surface area contributed by atoms with Crippen molar-refractivity contribution < 1.29 is 5.11 Å². The molecule has 3 fully saturated rings. The van der Waals surface area contributed by atoms with E-state index in [0.29, 0.717) is 18.0 Å². The van der Waals surface area contributed by atoms with Gasteiger partial charge in [-0.2, -0.15) is 0 Å². The summed E-state index contributed by atoms with van der Waals surface area (Å²) in [6.07, 6.45) is 7.17. The van der Waals surface area contributed by atoms with Crippen molar-refractivity contribution in [1.29, 1.82) is 0 Å². The molecular formula is C10H17NO. The Kier molecular flexibility index (Phi) is 1.37. The lowest BCUT2D eigenvalue weighted by Crippen LogP contribution is -2.49. The standard InChI is InChI=1S/C10H17NO/c12-10(7-1-2-7)5-8-3-4-9(6-10)11-8/h7-9,11-12H,1-6H2. The molecule has 2 atom stereocenters. The number of hydrogen-bond donors (Lipinski definition) is 2. The van der Waals surface area contributed by atoms with Crippen LogP contribution in [0.15, 0.2) is 0 Å². The van der Waals surface area contributed by atoms with Gasteiger partial charge in [-0.25, -0.2) is 0 Å². The van der Waals surface area contributed by atoms with E-state index in [2.05, 4.69) is 5.32 Å². The van der Waals surface area contributed by atoms with Crippen molar-refractivity contribution in [2.75, 3.05) is 0 Å². The Balaban J connectivity index is 1.80. The van der Waals surface area contributed by atoms with Crippen molar-refractivity contribution in [2.24, 2.45) is 5.92 Å². The van der Waals surface area contributed by atoms with Crippen LogP contribution in [0.5, 0.6) is 0 Å². The molecule has 3 rings (SSSR count). The highest BCUT2D eigenvalue weighted by molar-refractivity contribution is 5.05. The molecule has 1 saturated carbocycles. The first kappa shape index (κ1) is 7.34. The molecule has 2 unspecified atom stereocenters. The topological polar surface area (TPSA) is 32.3 Å². The minimum Gasteiger partial charge on any atom is -0.389 e. The molecular weight excluding hydrogens is 150 g/mol. The lowest BCUT2D eigenvalue weighted by molar-refractivity contribution is -0.0264. The molecule has 2 heterocycles. The van der Waals surface area contributed by atoms with E-state index in [0.717, 1.165) is 12.8 Å². The SMILES string of the molecule is OC1(C2CC2)CC2CCC(C1)N2. The quantitative estimate of drug-likeness (QED) is 0.611. The third-order valence-corrected chi connectivity index (χ3v) is 3.87. The number of hydrogen-bond acceptors (Lipinski definition) is 2. The Labute approximate surface area is 73.4 Å². The third-order valence-electron chi connectivity index (χ3n) is 3.87. The average molecular weight is 167 g/mol. The molecule has 3 aliphatic rings. The van der Waals surface area contributed by atoms with Crippen molar-refractivity contribution >= 4 is 0 Å². The lowest BCUT2D eigenvalue weighted by Gasteiger charge is -2.37. The zero-order chi connectivity index (χ0) is 8.18. The first-order valence-corrected chi connectivity index (χ1v) is 5.25. The maximum absolute atomic E-state index is 10.4. The molecule has 2 saturated heterocycles. The highest BCUT2D eigenvalue weighted by Gasteiger charge is 2.50. The monoisotopic (exact) mass is 167 g/mol. The molecule has 68 valence electrons. The molecule has 0 amide bonds. The van der Waals surface area contributed by atoms with E-state index in [1.807, 2.05) is 0 Å². The second-order valence-electron chi connectivity index (χ2n) is 4.92. The molecule has 0 aromatic carbocycles. The van der Waals surface area contributed by atoms with Crippen molar-refractivity contribution in [2.45, 2.75) is 56.2 Å². The fraction of sp³-hybridized carbons (Fsp3) is 1.00. The van der Waals surface area contributed by atoms with Crippen LogP contribution in [0.2, 0.25) is 0 Å². The van der Waals surface area contributed by atoms with Crippen molar-refractivity contribution in [3.05, 3.63) is 0 Å². The molecule has 2 heteroatoms. The molecule has 0 aromatic heterocycles. The van der Waals surface area contributed by atoms with Crippen LogP contribution in [0.1, 0.15) is 38.5 Å². The average Bonchev–Trinajstić information content (AvgIpc) is 2.79. The van der Waals surface area contributed by atoms with Crippen LogP contribution in [0.25, 0.3) is 0 Å². The van der Waals surface area contributed by atoms with Gasteiger partial charge < -0.3 is 10.4 Å². The van der Waals surface area contributed by atoms with E-state index >= 15 is 0 Å².